The van der Waals surface area contributed by atoms with E-state index in [1.54, 1.807) is 4.90 Å². The molecule has 0 aromatic heterocycles. The second-order valence-corrected chi connectivity index (χ2v) is 6.04. The van der Waals surface area contributed by atoms with Crippen molar-refractivity contribution < 1.29 is 4.79 Å². The zero-order valence-electron chi connectivity index (χ0n) is 12.3. The van der Waals surface area contributed by atoms with Gasteiger partial charge in [-0.2, -0.15) is 10.1 Å². The lowest BCUT2D eigenvalue weighted by atomic mass is 10.1. The van der Waals surface area contributed by atoms with Gasteiger partial charge in [0.15, 0.2) is 5.84 Å². The quantitative estimate of drug-likeness (QED) is 0.554. The molecule has 24 heavy (non-hydrogen) atoms. The summed E-state index contributed by atoms with van der Waals surface area (Å²) in [5.41, 5.74) is 7.39. The van der Waals surface area contributed by atoms with Crippen molar-refractivity contribution in [2.24, 2.45) is 21.0 Å². The van der Waals surface area contributed by atoms with Gasteiger partial charge in [0.05, 0.1) is 11.1 Å². The number of thioether (sulfide) groups is 1. The number of thiocarbonyl (C=S) groups is 1. The normalized spacial score (nSPS) is 21.2. The summed E-state index contributed by atoms with van der Waals surface area (Å²) in [5, 5.41) is 9.92. The molecule has 0 aromatic rings. The lowest BCUT2D eigenvalue weighted by Crippen LogP contribution is -2.20. The van der Waals surface area contributed by atoms with Gasteiger partial charge in [0, 0.05) is 24.8 Å². The monoisotopic (exact) mass is 356 g/mol. The number of amidine groups is 1. The van der Waals surface area contributed by atoms with Gasteiger partial charge < -0.3 is 16.0 Å². The lowest BCUT2D eigenvalue weighted by molar-refractivity contribution is 0.267. The Balaban J connectivity index is 1.81. The van der Waals surface area contributed by atoms with E-state index in [0.29, 0.717) is 10.7 Å². The molecule has 3 aliphatic rings. The minimum Gasteiger partial charge on any atom is -0.373 e. The van der Waals surface area contributed by atoms with E-state index >= 15 is 0 Å². The van der Waals surface area contributed by atoms with Crippen LogP contribution in [-0.2, 0) is 0 Å². The van der Waals surface area contributed by atoms with Crippen molar-refractivity contribution in [1.82, 2.24) is 10.2 Å². The number of carbonyl (C=O) groups is 1. The van der Waals surface area contributed by atoms with Crippen LogP contribution in [0.2, 0.25) is 0 Å². The fraction of sp³-hybridized carbons (Fsp3) is 0. The Kier molecular flexibility index (Phi) is 4.82. The predicted octanol–water partition coefficient (Wildman–Crippen LogP) is 3.06. The molecule has 0 saturated heterocycles. The van der Waals surface area contributed by atoms with E-state index in [1.165, 1.54) is 6.20 Å². The fourth-order valence-electron chi connectivity index (χ4n) is 2.05. The topological polar surface area (TPSA) is 95.4 Å². The number of azo groups is 1. The third-order valence-corrected chi connectivity index (χ3v) is 3.93. The summed E-state index contributed by atoms with van der Waals surface area (Å²) >= 11 is 5.60. The summed E-state index contributed by atoms with van der Waals surface area (Å²) in [7, 11) is 0. The molecule has 120 valence electrons. The van der Waals surface area contributed by atoms with E-state index in [1.807, 2.05) is 49.1 Å². The van der Waals surface area contributed by atoms with Crippen LogP contribution >= 0.6 is 24.0 Å². The summed E-state index contributed by atoms with van der Waals surface area (Å²) in [6.07, 6.45) is 16.7. The Bertz CT molecular complexity index is 799. The molecule has 3 rings (SSSR count). The highest BCUT2D eigenvalue weighted by Gasteiger charge is 2.25. The van der Waals surface area contributed by atoms with Crippen LogP contribution in [0.5, 0.6) is 0 Å². The maximum atomic E-state index is 11.6. The van der Waals surface area contributed by atoms with Crippen molar-refractivity contribution >= 4 is 40.2 Å². The standard InChI is InChI=1S/C15H12N6OS2/c16-14(23)20-18-9-12-13(19-15(22)24-12)21-7-3-11(4-8-21)10-1-5-17-6-2-10/h1-9,17H,(H2,16,23)/b12-9-,20-18?. The van der Waals surface area contributed by atoms with Crippen molar-refractivity contribution in [3.63, 3.8) is 0 Å². The number of nitrogens with zero attached hydrogens (tertiary/aromatic N) is 4. The molecular formula is C15H12N6OS2. The van der Waals surface area contributed by atoms with Crippen LogP contribution in [0.4, 0.5) is 4.79 Å². The smallest absolute Gasteiger partial charge is 0.311 e. The average Bonchev–Trinajstić information content (AvgIpc) is 2.96. The number of aliphatic imine (C=N–C) groups is 1. The summed E-state index contributed by atoms with van der Waals surface area (Å²) in [6.45, 7) is 0. The van der Waals surface area contributed by atoms with E-state index in [4.69, 9.17) is 5.73 Å². The number of nitrogens with two attached hydrogens (primary N) is 1. The van der Waals surface area contributed by atoms with Crippen molar-refractivity contribution in [2.75, 3.05) is 0 Å². The molecule has 0 radical (unpaired) electrons. The zero-order valence-corrected chi connectivity index (χ0v) is 13.9. The first kappa shape index (κ1) is 16.1. The summed E-state index contributed by atoms with van der Waals surface area (Å²) in [4.78, 5) is 17.9. The summed E-state index contributed by atoms with van der Waals surface area (Å²) in [6, 6.07) is 0. The number of dihydropyridines is 1. The first-order valence-corrected chi connectivity index (χ1v) is 8.05. The molecule has 1 amide bonds. The molecule has 0 spiro atoms. The van der Waals surface area contributed by atoms with Crippen LogP contribution in [0.1, 0.15) is 0 Å². The van der Waals surface area contributed by atoms with Gasteiger partial charge in [-0.1, -0.05) is 0 Å². The largest absolute Gasteiger partial charge is 0.373 e. The van der Waals surface area contributed by atoms with E-state index < -0.39 is 0 Å². The fourth-order valence-corrected chi connectivity index (χ4v) is 2.76. The number of nitrogens with one attached hydrogen (secondary N) is 1. The first-order chi connectivity index (χ1) is 11.6. The number of hydrogen-bond acceptors (Lipinski definition) is 6. The Morgan fingerprint density at radius 3 is 2.58 bits per heavy atom. The van der Waals surface area contributed by atoms with Crippen molar-refractivity contribution in [2.45, 2.75) is 0 Å². The Morgan fingerprint density at radius 2 is 1.92 bits per heavy atom. The number of rotatable bonds is 1. The molecule has 0 bridgehead atoms. The number of allylic oxidation sites excluding steroid dienone is 6. The van der Waals surface area contributed by atoms with Gasteiger partial charge in [-0.3, -0.25) is 4.79 Å². The van der Waals surface area contributed by atoms with Crippen molar-refractivity contribution in [1.29, 1.82) is 0 Å². The van der Waals surface area contributed by atoms with E-state index in [9.17, 15) is 4.79 Å². The molecule has 0 unspecified atom stereocenters. The van der Waals surface area contributed by atoms with Crippen molar-refractivity contribution in [3.05, 3.63) is 71.4 Å². The number of hydrogen-bond donors (Lipinski definition) is 2. The van der Waals surface area contributed by atoms with Crippen molar-refractivity contribution in [3.8, 4) is 0 Å². The summed E-state index contributed by atoms with van der Waals surface area (Å²) < 4.78 is 0. The molecule has 0 aromatic carbocycles. The highest BCUT2D eigenvalue weighted by atomic mass is 32.2. The lowest BCUT2D eigenvalue weighted by Gasteiger charge is -2.19. The van der Waals surface area contributed by atoms with Gasteiger partial charge in [0.25, 0.3) is 0 Å². The van der Waals surface area contributed by atoms with Crippen LogP contribution in [0.15, 0.2) is 86.6 Å². The molecule has 0 atom stereocenters. The number of carbonyl (C=O) groups excluding carboxylic acids is 1. The molecule has 0 aliphatic carbocycles. The molecule has 9 heteroatoms. The molecule has 0 saturated carbocycles. The van der Waals surface area contributed by atoms with Gasteiger partial charge in [0.2, 0.25) is 5.11 Å². The van der Waals surface area contributed by atoms with Crippen LogP contribution in [0.3, 0.4) is 0 Å². The van der Waals surface area contributed by atoms with Gasteiger partial charge in [-0.05, 0) is 59.4 Å². The van der Waals surface area contributed by atoms with Crippen LogP contribution in [0, 0.1) is 0 Å². The van der Waals surface area contributed by atoms with Gasteiger partial charge in [0.1, 0.15) is 0 Å². The van der Waals surface area contributed by atoms with E-state index in [2.05, 4.69) is 32.8 Å². The van der Waals surface area contributed by atoms with Crippen LogP contribution in [-0.4, -0.2) is 21.1 Å². The zero-order chi connectivity index (χ0) is 16.9. The predicted molar refractivity (Wildman–Crippen MR) is 98.7 cm³/mol. The summed E-state index contributed by atoms with van der Waals surface area (Å²) in [5.74, 6) is 0.486. The molecule has 3 heterocycles. The van der Waals surface area contributed by atoms with Crippen LogP contribution < -0.4 is 11.1 Å². The highest BCUT2D eigenvalue weighted by Crippen LogP contribution is 2.30. The Morgan fingerprint density at radius 1 is 1.25 bits per heavy atom. The second-order valence-electron chi connectivity index (χ2n) is 4.63. The van der Waals surface area contributed by atoms with E-state index in [-0.39, 0.29) is 10.4 Å². The Labute approximate surface area is 147 Å². The van der Waals surface area contributed by atoms with Crippen LogP contribution in [0.25, 0.3) is 0 Å². The minimum absolute atomic E-state index is 0.0724. The molecular weight excluding hydrogens is 344 g/mol. The van der Waals surface area contributed by atoms with Gasteiger partial charge in [-0.15, -0.1) is 5.11 Å². The Hall–Kier alpha value is -2.78. The molecule has 0 fully saturated rings. The maximum Gasteiger partial charge on any atom is 0.311 e. The highest BCUT2D eigenvalue weighted by molar-refractivity contribution is 8.18. The van der Waals surface area contributed by atoms with E-state index in [0.717, 1.165) is 22.9 Å². The first-order valence-electron chi connectivity index (χ1n) is 6.83. The third kappa shape index (κ3) is 3.76. The molecule has 7 nitrogen and oxygen atoms in total. The average molecular weight is 356 g/mol. The number of amides is 1. The molecule has 3 N–H and O–H groups in total. The molecule has 3 aliphatic heterocycles. The SMILES string of the molecule is NC(=S)N=N/C=C1\SC(=O)N=C1N1C=CC(=C2C=CNC=C2)C=C1. The third-order valence-electron chi connectivity index (χ3n) is 3.07. The van der Waals surface area contributed by atoms with Gasteiger partial charge >= 0.3 is 5.24 Å². The van der Waals surface area contributed by atoms with Gasteiger partial charge in [-0.25, -0.2) is 0 Å². The second kappa shape index (κ2) is 7.20. The minimum atomic E-state index is -0.308. The maximum absolute atomic E-state index is 11.6.